The Labute approximate surface area is 136 Å². The number of rotatable bonds is 6. The van der Waals surface area contributed by atoms with E-state index in [4.69, 9.17) is 4.74 Å². The molecule has 2 atom stereocenters. The van der Waals surface area contributed by atoms with Crippen molar-refractivity contribution in [3.63, 3.8) is 0 Å². The van der Waals surface area contributed by atoms with Gasteiger partial charge in [0.25, 0.3) is 0 Å². The number of amides is 1. The van der Waals surface area contributed by atoms with Crippen LogP contribution in [0.1, 0.15) is 31.2 Å². The third-order valence-electron chi connectivity index (χ3n) is 5.04. The van der Waals surface area contributed by atoms with Crippen molar-refractivity contribution in [2.45, 2.75) is 25.7 Å². The highest BCUT2D eigenvalue weighted by molar-refractivity contribution is 5.87. The van der Waals surface area contributed by atoms with Crippen LogP contribution in [-0.4, -0.2) is 48.2 Å². The maximum absolute atomic E-state index is 12.8. The molecule has 5 nitrogen and oxygen atoms in total. The Morgan fingerprint density at radius 3 is 2.52 bits per heavy atom. The second-order valence-corrected chi connectivity index (χ2v) is 6.59. The lowest BCUT2D eigenvalue weighted by molar-refractivity contribution is -0.142. The number of hydrogen-bond acceptors (Lipinski definition) is 3. The standard InChI is InChI=1S/C18H23NO4/c1-2-23-12-18(8-9-18)17(22)19-10-14(15(11-19)16(20)21)13-6-4-3-5-7-13/h3-7,14-15H,2,8-12H2,1H3,(H,20,21). The van der Waals surface area contributed by atoms with E-state index < -0.39 is 17.3 Å². The van der Waals surface area contributed by atoms with E-state index in [1.807, 2.05) is 37.3 Å². The van der Waals surface area contributed by atoms with E-state index >= 15 is 0 Å². The summed E-state index contributed by atoms with van der Waals surface area (Å²) in [5.74, 6) is -1.44. The van der Waals surface area contributed by atoms with Gasteiger partial charge in [-0.15, -0.1) is 0 Å². The minimum Gasteiger partial charge on any atom is -0.481 e. The molecule has 23 heavy (non-hydrogen) atoms. The molecule has 1 N–H and O–H groups in total. The third-order valence-corrected chi connectivity index (χ3v) is 5.04. The number of carboxylic acid groups (broad SMARTS) is 1. The van der Waals surface area contributed by atoms with Crippen molar-refractivity contribution in [2.75, 3.05) is 26.3 Å². The monoisotopic (exact) mass is 317 g/mol. The Morgan fingerprint density at radius 2 is 1.96 bits per heavy atom. The lowest BCUT2D eigenvalue weighted by Gasteiger charge is -2.23. The van der Waals surface area contributed by atoms with Crippen LogP contribution in [0.4, 0.5) is 0 Å². The number of benzene rings is 1. The van der Waals surface area contributed by atoms with Crippen molar-refractivity contribution >= 4 is 11.9 Å². The molecule has 1 aliphatic heterocycles. The Bertz CT molecular complexity index is 582. The van der Waals surface area contributed by atoms with Gasteiger partial charge in [-0.1, -0.05) is 30.3 Å². The quantitative estimate of drug-likeness (QED) is 0.873. The van der Waals surface area contributed by atoms with E-state index in [1.54, 1.807) is 4.90 Å². The zero-order valence-corrected chi connectivity index (χ0v) is 13.4. The first kappa shape index (κ1) is 16.0. The first-order chi connectivity index (χ1) is 11.1. The fourth-order valence-corrected chi connectivity index (χ4v) is 3.46. The average molecular weight is 317 g/mol. The van der Waals surface area contributed by atoms with Gasteiger partial charge >= 0.3 is 5.97 Å². The number of carbonyl (C=O) groups excluding carboxylic acids is 1. The number of likely N-dealkylation sites (tertiary alicyclic amines) is 1. The van der Waals surface area contributed by atoms with E-state index in [-0.39, 0.29) is 11.8 Å². The maximum atomic E-state index is 12.8. The molecule has 2 fully saturated rings. The van der Waals surface area contributed by atoms with Crippen molar-refractivity contribution in [3.05, 3.63) is 35.9 Å². The van der Waals surface area contributed by atoms with Crippen LogP contribution < -0.4 is 0 Å². The van der Waals surface area contributed by atoms with E-state index in [2.05, 4.69) is 0 Å². The molecular weight excluding hydrogens is 294 g/mol. The summed E-state index contributed by atoms with van der Waals surface area (Å²) in [4.78, 5) is 26.2. The van der Waals surface area contributed by atoms with Crippen LogP contribution in [0.5, 0.6) is 0 Å². The lowest BCUT2D eigenvalue weighted by Crippen LogP contribution is -2.38. The summed E-state index contributed by atoms with van der Waals surface area (Å²) in [5, 5.41) is 9.54. The molecule has 1 aliphatic carbocycles. The van der Waals surface area contributed by atoms with Crippen molar-refractivity contribution in [2.24, 2.45) is 11.3 Å². The van der Waals surface area contributed by atoms with Gasteiger partial charge in [0.05, 0.1) is 17.9 Å². The van der Waals surface area contributed by atoms with Gasteiger partial charge in [0, 0.05) is 25.6 Å². The summed E-state index contributed by atoms with van der Waals surface area (Å²) in [7, 11) is 0. The van der Waals surface area contributed by atoms with Gasteiger partial charge in [0.1, 0.15) is 0 Å². The second kappa shape index (κ2) is 6.32. The number of nitrogens with zero attached hydrogens (tertiary/aromatic N) is 1. The summed E-state index contributed by atoms with van der Waals surface area (Å²) in [6.45, 7) is 3.74. The molecule has 2 aliphatic rings. The van der Waals surface area contributed by atoms with Gasteiger partial charge in [-0.3, -0.25) is 9.59 Å². The first-order valence-electron chi connectivity index (χ1n) is 8.22. The minimum absolute atomic E-state index is 0.0654. The summed E-state index contributed by atoms with van der Waals surface area (Å²) < 4.78 is 5.46. The molecule has 1 aromatic carbocycles. The van der Waals surface area contributed by atoms with Gasteiger partial charge in [0.15, 0.2) is 0 Å². The van der Waals surface area contributed by atoms with Crippen molar-refractivity contribution in [1.82, 2.24) is 4.90 Å². The zero-order valence-electron chi connectivity index (χ0n) is 13.4. The molecule has 1 heterocycles. The second-order valence-electron chi connectivity index (χ2n) is 6.59. The Balaban J connectivity index is 1.76. The number of carboxylic acids is 1. The molecule has 0 radical (unpaired) electrons. The SMILES string of the molecule is CCOCC1(C(=O)N2CC(C(=O)O)C(c3ccccc3)C2)CC1. The zero-order chi connectivity index (χ0) is 16.4. The number of hydrogen-bond donors (Lipinski definition) is 1. The fraction of sp³-hybridized carbons (Fsp3) is 0.556. The molecule has 1 aromatic rings. The van der Waals surface area contributed by atoms with Gasteiger partial charge in [0.2, 0.25) is 5.91 Å². The number of ether oxygens (including phenoxy) is 1. The first-order valence-corrected chi connectivity index (χ1v) is 8.22. The predicted molar refractivity (Wildman–Crippen MR) is 85.0 cm³/mol. The average Bonchev–Trinajstić information content (AvgIpc) is 3.22. The highest BCUT2D eigenvalue weighted by Crippen LogP contribution is 2.49. The predicted octanol–water partition coefficient (Wildman–Crippen LogP) is 2.13. The van der Waals surface area contributed by atoms with E-state index in [9.17, 15) is 14.7 Å². The maximum Gasteiger partial charge on any atom is 0.308 e. The van der Waals surface area contributed by atoms with Gasteiger partial charge in [-0.2, -0.15) is 0 Å². The van der Waals surface area contributed by atoms with Crippen LogP contribution in [0.15, 0.2) is 30.3 Å². The normalized spacial score (nSPS) is 25.3. The van der Waals surface area contributed by atoms with Crippen LogP contribution in [0.3, 0.4) is 0 Å². The Morgan fingerprint density at radius 1 is 1.26 bits per heavy atom. The van der Waals surface area contributed by atoms with E-state index in [0.717, 1.165) is 18.4 Å². The fourth-order valence-electron chi connectivity index (χ4n) is 3.46. The lowest BCUT2D eigenvalue weighted by atomic mass is 9.89. The molecule has 0 spiro atoms. The van der Waals surface area contributed by atoms with Gasteiger partial charge in [-0.25, -0.2) is 0 Å². The van der Waals surface area contributed by atoms with Crippen LogP contribution in [0.2, 0.25) is 0 Å². The molecule has 5 heteroatoms. The molecule has 1 amide bonds. The summed E-state index contributed by atoms with van der Waals surface area (Å²) in [5.41, 5.74) is 0.592. The van der Waals surface area contributed by atoms with Crippen molar-refractivity contribution in [1.29, 1.82) is 0 Å². The number of carbonyl (C=O) groups is 2. The summed E-state index contributed by atoms with van der Waals surface area (Å²) in [6.07, 6.45) is 1.69. The molecule has 0 aromatic heterocycles. The van der Waals surface area contributed by atoms with Gasteiger partial charge in [-0.05, 0) is 25.3 Å². The summed E-state index contributed by atoms with van der Waals surface area (Å²) >= 11 is 0. The molecule has 2 unspecified atom stereocenters. The minimum atomic E-state index is -0.830. The molecule has 1 saturated carbocycles. The van der Waals surface area contributed by atoms with E-state index in [1.165, 1.54) is 0 Å². The highest BCUT2D eigenvalue weighted by atomic mass is 16.5. The Hall–Kier alpha value is -1.88. The van der Waals surface area contributed by atoms with Crippen LogP contribution in [0.25, 0.3) is 0 Å². The largest absolute Gasteiger partial charge is 0.481 e. The van der Waals surface area contributed by atoms with Crippen LogP contribution in [-0.2, 0) is 14.3 Å². The molecule has 0 bridgehead atoms. The van der Waals surface area contributed by atoms with Gasteiger partial charge < -0.3 is 14.7 Å². The highest BCUT2D eigenvalue weighted by Gasteiger charge is 2.54. The molecular formula is C18H23NO4. The smallest absolute Gasteiger partial charge is 0.308 e. The number of aliphatic carboxylic acids is 1. The third kappa shape index (κ3) is 3.11. The molecule has 3 rings (SSSR count). The molecule has 124 valence electrons. The van der Waals surface area contributed by atoms with Crippen molar-refractivity contribution in [3.8, 4) is 0 Å². The van der Waals surface area contributed by atoms with Crippen LogP contribution >= 0.6 is 0 Å². The summed E-state index contributed by atoms with van der Waals surface area (Å²) in [6, 6.07) is 9.63. The van der Waals surface area contributed by atoms with Crippen molar-refractivity contribution < 1.29 is 19.4 Å². The van der Waals surface area contributed by atoms with Crippen LogP contribution in [0, 0.1) is 11.3 Å². The topological polar surface area (TPSA) is 66.8 Å². The molecule has 1 saturated heterocycles. The Kier molecular flexibility index (Phi) is 4.39. The van der Waals surface area contributed by atoms with E-state index in [0.29, 0.717) is 26.3 Å².